The van der Waals surface area contributed by atoms with E-state index in [9.17, 15) is 0 Å². The van der Waals surface area contributed by atoms with E-state index < -0.39 is 0 Å². The molecule has 0 atom stereocenters. The Labute approximate surface area is 75.6 Å². The van der Waals surface area contributed by atoms with Crippen molar-refractivity contribution in [3.8, 4) is 0 Å². The van der Waals surface area contributed by atoms with Gasteiger partial charge in [-0.2, -0.15) is 0 Å². The zero-order valence-corrected chi connectivity index (χ0v) is 8.43. The summed E-state index contributed by atoms with van der Waals surface area (Å²) in [6, 6.07) is 0. The van der Waals surface area contributed by atoms with E-state index in [4.69, 9.17) is 0 Å². The largest absolute Gasteiger partial charge is 0.314 e. The normalized spacial score (nSPS) is 19.9. The van der Waals surface area contributed by atoms with Gasteiger partial charge < -0.3 is 5.32 Å². The minimum atomic E-state index is 0.241. The van der Waals surface area contributed by atoms with E-state index in [2.05, 4.69) is 36.2 Å². The quantitative estimate of drug-likeness (QED) is 0.638. The third-order valence-electron chi connectivity index (χ3n) is 2.44. The lowest BCUT2D eigenvalue weighted by Gasteiger charge is -2.33. The van der Waals surface area contributed by atoms with Gasteiger partial charge in [0.25, 0.3) is 0 Å². The molecule has 12 heavy (non-hydrogen) atoms. The second-order valence-corrected chi connectivity index (χ2v) is 4.13. The molecule has 0 amide bonds. The van der Waals surface area contributed by atoms with Gasteiger partial charge in [-0.1, -0.05) is 12.2 Å². The van der Waals surface area contributed by atoms with Gasteiger partial charge in [0.15, 0.2) is 0 Å². The molecule has 0 radical (unpaired) electrons. The number of hydrogen-bond donors (Lipinski definition) is 1. The van der Waals surface area contributed by atoms with E-state index >= 15 is 0 Å². The first-order valence-corrected chi connectivity index (χ1v) is 4.70. The van der Waals surface area contributed by atoms with E-state index in [-0.39, 0.29) is 5.54 Å². The Morgan fingerprint density at radius 1 is 1.42 bits per heavy atom. The van der Waals surface area contributed by atoms with Gasteiger partial charge in [0, 0.05) is 25.2 Å². The standard InChI is InChI=1S/C10H20N2/c1-10(2,11-3)9-12-7-5-4-6-8-12/h4-5,11H,6-9H2,1-3H3. The molecule has 0 unspecified atom stereocenters. The molecule has 0 bridgehead atoms. The number of hydrogen-bond acceptors (Lipinski definition) is 2. The van der Waals surface area contributed by atoms with Gasteiger partial charge in [0.1, 0.15) is 0 Å². The van der Waals surface area contributed by atoms with E-state index in [0.717, 1.165) is 13.1 Å². The fraction of sp³-hybridized carbons (Fsp3) is 0.800. The van der Waals surface area contributed by atoms with Gasteiger partial charge in [-0.05, 0) is 27.3 Å². The van der Waals surface area contributed by atoms with E-state index in [1.165, 1.54) is 13.0 Å². The van der Waals surface area contributed by atoms with Gasteiger partial charge in [-0.3, -0.25) is 4.90 Å². The summed E-state index contributed by atoms with van der Waals surface area (Å²) < 4.78 is 0. The summed E-state index contributed by atoms with van der Waals surface area (Å²) in [6.45, 7) is 7.94. The number of rotatable bonds is 3. The Balaban J connectivity index is 2.35. The predicted octanol–water partition coefficient (Wildman–Crippen LogP) is 1.25. The van der Waals surface area contributed by atoms with E-state index in [1.807, 2.05) is 7.05 Å². The van der Waals surface area contributed by atoms with Crippen LogP contribution in [0.5, 0.6) is 0 Å². The number of nitrogens with zero attached hydrogens (tertiary/aromatic N) is 1. The highest BCUT2D eigenvalue weighted by atomic mass is 15.2. The van der Waals surface area contributed by atoms with Crippen LogP contribution in [0.2, 0.25) is 0 Å². The van der Waals surface area contributed by atoms with Crippen LogP contribution >= 0.6 is 0 Å². The zero-order valence-electron chi connectivity index (χ0n) is 8.43. The molecule has 2 heteroatoms. The second-order valence-electron chi connectivity index (χ2n) is 4.13. The maximum Gasteiger partial charge on any atom is 0.0249 e. The first-order valence-electron chi connectivity index (χ1n) is 4.70. The van der Waals surface area contributed by atoms with Gasteiger partial charge >= 0.3 is 0 Å². The van der Waals surface area contributed by atoms with Crippen LogP contribution < -0.4 is 5.32 Å². The first kappa shape index (κ1) is 9.75. The van der Waals surface area contributed by atoms with E-state index in [1.54, 1.807) is 0 Å². The fourth-order valence-electron chi connectivity index (χ4n) is 1.47. The summed E-state index contributed by atoms with van der Waals surface area (Å²) in [5, 5.41) is 3.32. The average Bonchev–Trinajstić information content (AvgIpc) is 2.06. The molecule has 0 saturated carbocycles. The van der Waals surface area contributed by atoms with Crippen LogP contribution in [0.4, 0.5) is 0 Å². The van der Waals surface area contributed by atoms with Crippen molar-refractivity contribution in [2.45, 2.75) is 25.8 Å². The zero-order chi connectivity index (χ0) is 9.03. The molecule has 0 aromatic carbocycles. The van der Waals surface area contributed by atoms with Gasteiger partial charge in [0.2, 0.25) is 0 Å². The highest BCUT2D eigenvalue weighted by molar-refractivity contribution is 4.93. The molecule has 1 aliphatic heterocycles. The van der Waals surface area contributed by atoms with Crippen molar-refractivity contribution >= 4 is 0 Å². The summed E-state index contributed by atoms with van der Waals surface area (Å²) in [5.41, 5.74) is 0.241. The molecule has 0 aromatic rings. The second kappa shape index (κ2) is 4.06. The summed E-state index contributed by atoms with van der Waals surface area (Å²) in [7, 11) is 2.03. The number of nitrogens with one attached hydrogen (secondary N) is 1. The molecule has 0 spiro atoms. The predicted molar refractivity (Wildman–Crippen MR) is 53.3 cm³/mol. The molecule has 2 nitrogen and oxygen atoms in total. The molecule has 0 aliphatic carbocycles. The van der Waals surface area contributed by atoms with Crippen LogP contribution in [-0.2, 0) is 0 Å². The van der Waals surface area contributed by atoms with Crippen molar-refractivity contribution in [3.63, 3.8) is 0 Å². The first-order chi connectivity index (χ1) is 5.64. The Morgan fingerprint density at radius 2 is 2.17 bits per heavy atom. The Morgan fingerprint density at radius 3 is 2.67 bits per heavy atom. The minimum absolute atomic E-state index is 0.241. The molecule has 0 saturated heterocycles. The summed E-state index contributed by atoms with van der Waals surface area (Å²) in [6.07, 6.45) is 5.73. The highest BCUT2D eigenvalue weighted by Gasteiger charge is 2.19. The Hall–Kier alpha value is -0.340. The summed E-state index contributed by atoms with van der Waals surface area (Å²) in [4.78, 5) is 2.48. The maximum absolute atomic E-state index is 3.32. The highest BCUT2D eigenvalue weighted by Crippen LogP contribution is 2.08. The third kappa shape index (κ3) is 2.95. The van der Waals surface area contributed by atoms with Crippen LogP contribution in [-0.4, -0.2) is 37.1 Å². The Bertz CT molecular complexity index is 161. The van der Waals surface area contributed by atoms with Crippen LogP contribution in [0.15, 0.2) is 12.2 Å². The molecule has 0 aromatic heterocycles. The van der Waals surface area contributed by atoms with Crippen molar-refractivity contribution in [1.82, 2.24) is 10.2 Å². The van der Waals surface area contributed by atoms with Crippen molar-refractivity contribution in [2.24, 2.45) is 0 Å². The molecule has 1 heterocycles. The molecule has 0 fully saturated rings. The molecular formula is C10H20N2. The third-order valence-corrected chi connectivity index (χ3v) is 2.44. The van der Waals surface area contributed by atoms with Crippen LogP contribution in [0.3, 0.4) is 0 Å². The molecule has 70 valence electrons. The number of likely N-dealkylation sites (N-methyl/N-ethyl adjacent to an activating group) is 1. The summed E-state index contributed by atoms with van der Waals surface area (Å²) in [5.74, 6) is 0. The van der Waals surface area contributed by atoms with Crippen LogP contribution in [0.1, 0.15) is 20.3 Å². The topological polar surface area (TPSA) is 15.3 Å². The van der Waals surface area contributed by atoms with Crippen molar-refractivity contribution in [3.05, 3.63) is 12.2 Å². The lowest BCUT2D eigenvalue weighted by molar-refractivity contribution is 0.222. The van der Waals surface area contributed by atoms with Gasteiger partial charge in [-0.15, -0.1) is 0 Å². The fourth-order valence-corrected chi connectivity index (χ4v) is 1.47. The van der Waals surface area contributed by atoms with Crippen molar-refractivity contribution in [1.29, 1.82) is 0 Å². The molecular weight excluding hydrogens is 148 g/mol. The van der Waals surface area contributed by atoms with E-state index in [0.29, 0.717) is 0 Å². The lowest BCUT2D eigenvalue weighted by Crippen LogP contribution is -2.48. The smallest absolute Gasteiger partial charge is 0.0249 e. The monoisotopic (exact) mass is 168 g/mol. The SMILES string of the molecule is CNC(C)(C)CN1CC=CCC1. The maximum atomic E-state index is 3.32. The van der Waals surface area contributed by atoms with Crippen LogP contribution in [0.25, 0.3) is 0 Å². The Kier molecular flexibility index (Phi) is 3.29. The van der Waals surface area contributed by atoms with Gasteiger partial charge in [0.05, 0.1) is 0 Å². The van der Waals surface area contributed by atoms with Gasteiger partial charge in [-0.25, -0.2) is 0 Å². The summed E-state index contributed by atoms with van der Waals surface area (Å²) >= 11 is 0. The molecule has 1 rings (SSSR count). The molecule has 1 N–H and O–H groups in total. The average molecular weight is 168 g/mol. The minimum Gasteiger partial charge on any atom is -0.314 e. The van der Waals surface area contributed by atoms with Crippen molar-refractivity contribution < 1.29 is 0 Å². The lowest BCUT2D eigenvalue weighted by atomic mass is 10.0. The van der Waals surface area contributed by atoms with Crippen LogP contribution in [0, 0.1) is 0 Å². The van der Waals surface area contributed by atoms with Crippen molar-refractivity contribution in [2.75, 3.05) is 26.7 Å². The molecule has 1 aliphatic rings.